The molecule has 0 fully saturated rings. The van der Waals surface area contributed by atoms with Gasteiger partial charge in [-0.3, -0.25) is 4.79 Å². The van der Waals surface area contributed by atoms with Crippen molar-refractivity contribution >= 4 is 11.7 Å². The number of aromatic nitrogens is 1. The Morgan fingerprint density at radius 3 is 2.57 bits per heavy atom. The van der Waals surface area contributed by atoms with Crippen LogP contribution in [0.15, 0.2) is 60.7 Å². The molecule has 0 bridgehead atoms. The van der Waals surface area contributed by atoms with Crippen LogP contribution in [0.1, 0.15) is 21.6 Å². The predicted octanol–water partition coefficient (Wildman–Crippen LogP) is 3.67. The minimum atomic E-state index is -0.360. The summed E-state index contributed by atoms with van der Waals surface area (Å²) in [5.74, 6) is 0.476. The molecule has 3 N–H and O–H groups in total. The number of anilines is 1. The maximum atomic E-state index is 13.2. The second-order valence-corrected chi connectivity index (χ2v) is 6.05. The number of nitrogens with one attached hydrogen (secondary N) is 1. The quantitative estimate of drug-likeness (QED) is 0.652. The number of methoxy groups -OCH3 is 1. The van der Waals surface area contributed by atoms with Gasteiger partial charge < -0.3 is 20.5 Å². The Labute approximate surface area is 162 Å². The van der Waals surface area contributed by atoms with E-state index in [1.54, 1.807) is 43.5 Å². The molecule has 1 heterocycles. The van der Waals surface area contributed by atoms with Crippen molar-refractivity contribution in [1.82, 2.24) is 10.3 Å². The minimum Gasteiger partial charge on any atom is -0.457 e. The molecule has 0 radical (unpaired) electrons. The topological polar surface area (TPSA) is 86.5 Å². The zero-order chi connectivity index (χ0) is 19.9. The number of hydrogen-bond donors (Lipinski definition) is 2. The van der Waals surface area contributed by atoms with E-state index >= 15 is 0 Å². The fraction of sp³-hybridized carbons (Fsp3) is 0.143. The van der Waals surface area contributed by atoms with Gasteiger partial charge in [0.05, 0.1) is 17.9 Å². The molecule has 0 aliphatic carbocycles. The Balaban J connectivity index is 1.58. The van der Waals surface area contributed by atoms with E-state index < -0.39 is 0 Å². The number of carbonyl (C=O) groups is 1. The van der Waals surface area contributed by atoms with Gasteiger partial charge in [-0.05, 0) is 42.0 Å². The number of ether oxygens (including phenoxy) is 2. The van der Waals surface area contributed by atoms with E-state index in [9.17, 15) is 9.18 Å². The first-order valence-electron chi connectivity index (χ1n) is 8.60. The lowest BCUT2D eigenvalue weighted by Crippen LogP contribution is -2.24. The largest absolute Gasteiger partial charge is 0.457 e. The van der Waals surface area contributed by atoms with Crippen molar-refractivity contribution in [1.29, 1.82) is 0 Å². The van der Waals surface area contributed by atoms with Crippen molar-refractivity contribution in [2.45, 2.75) is 13.2 Å². The molecule has 1 aromatic heterocycles. The van der Waals surface area contributed by atoms with E-state index in [0.29, 0.717) is 35.9 Å². The molecule has 1 amide bonds. The molecule has 3 rings (SSSR count). The van der Waals surface area contributed by atoms with Crippen LogP contribution in [0.25, 0.3) is 0 Å². The highest BCUT2D eigenvalue weighted by molar-refractivity contribution is 5.98. The maximum absolute atomic E-state index is 13.2. The Morgan fingerprint density at radius 2 is 1.89 bits per heavy atom. The Morgan fingerprint density at radius 1 is 1.11 bits per heavy atom. The Kier molecular flexibility index (Phi) is 6.18. The van der Waals surface area contributed by atoms with Crippen LogP contribution in [-0.4, -0.2) is 18.0 Å². The molecule has 0 atom stereocenters. The van der Waals surface area contributed by atoms with E-state index in [2.05, 4.69) is 10.3 Å². The molecule has 3 aromatic rings. The number of rotatable bonds is 7. The number of hydrogen-bond acceptors (Lipinski definition) is 5. The third-order valence-electron chi connectivity index (χ3n) is 3.93. The lowest BCUT2D eigenvalue weighted by Gasteiger charge is -2.10. The van der Waals surface area contributed by atoms with Gasteiger partial charge in [-0.1, -0.05) is 18.2 Å². The molecule has 0 saturated heterocycles. The summed E-state index contributed by atoms with van der Waals surface area (Å²) in [5.41, 5.74) is 7.70. The first kappa shape index (κ1) is 19.3. The van der Waals surface area contributed by atoms with Gasteiger partial charge in [-0.25, -0.2) is 9.37 Å². The van der Waals surface area contributed by atoms with Gasteiger partial charge in [0.2, 0.25) is 0 Å². The summed E-state index contributed by atoms with van der Waals surface area (Å²) in [6.45, 7) is 0.647. The minimum absolute atomic E-state index is 0.158. The molecule has 0 spiro atoms. The molecule has 28 heavy (non-hydrogen) atoms. The molecule has 0 aliphatic rings. The third-order valence-corrected chi connectivity index (χ3v) is 3.93. The van der Waals surface area contributed by atoms with Gasteiger partial charge >= 0.3 is 0 Å². The monoisotopic (exact) mass is 381 g/mol. The van der Waals surface area contributed by atoms with E-state index in [4.69, 9.17) is 15.2 Å². The summed E-state index contributed by atoms with van der Waals surface area (Å²) >= 11 is 0. The summed E-state index contributed by atoms with van der Waals surface area (Å²) in [7, 11) is 1.56. The third kappa shape index (κ3) is 5.05. The van der Waals surface area contributed by atoms with Crippen molar-refractivity contribution in [2.24, 2.45) is 0 Å². The fourth-order valence-electron chi connectivity index (χ4n) is 2.56. The summed E-state index contributed by atoms with van der Waals surface area (Å²) < 4.78 is 23.8. The maximum Gasteiger partial charge on any atom is 0.255 e. The van der Waals surface area contributed by atoms with Crippen molar-refractivity contribution in [3.05, 3.63) is 83.3 Å². The molecular formula is C21H20FN3O3. The fourth-order valence-corrected chi connectivity index (χ4v) is 2.56. The lowest BCUT2D eigenvalue weighted by atomic mass is 10.2. The number of carbonyl (C=O) groups excluding carboxylic acids is 1. The van der Waals surface area contributed by atoms with Crippen molar-refractivity contribution < 1.29 is 18.7 Å². The van der Waals surface area contributed by atoms with Crippen LogP contribution in [0.3, 0.4) is 0 Å². The standard InChI is InChI=1S/C21H20FN3O3/c1-27-13-16-7-10-19(20(23)25-16)21(26)24-12-14-5-8-17(9-6-14)28-18-4-2-3-15(22)11-18/h2-11H,12-13H2,1H3,(H2,23,25)(H,24,26). The molecule has 7 heteroatoms. The smallest absolute Gasteiger partial charge is 0.255 e. The van der Waals surface area contributed by atoms with Gasteiger partial charge in [0.1, 0.15) is 23.1 Å². The summed E-state index contributed by atoms with van der Waals surface area (Å²) in [5, 5.41) is 2.80. The van der Waals surface area contributed by atoms with Crippen LogP contribution in [0.5, 0.6) is 11.5 Å². The molecule has 144 valence electrons. The number of halogens is 1. The lowest BCUT2D eigenvalue weighted by molar-refractivity contribution is 0.0951. The number of nitrogen functional groups attached to an aromatic ring is 1. The van der Waals surface area contributed by atoms with Crippen LogP contribution in [-0.2, 0) is 17.9 Å². The van der Waals surface area contributed by atoms with Gasteiger partial charge in [0.25, 0.3) is 5.91 Å². The molecule has 6 nitrogen and oxygen atoms in total. The first-order valence-corrected chi connectivity index (χ1v) is 8.60. The van der Waals surface area contributed by atoms with Gasteiger partial charge in [0.15, 0.2) is 0 Å². The first-order chi connectivity index (χ1) is 13.5. The summed E-state index contributed by atoms with van der Waals surface area (Å²) in [4.78, 5) is 16.5. The second kappa shape index (κ2) is 8.96. The van der Waals surface area contributed by atoms with Crippen molar-refractivity contribution in [3.8, 4) is 11.5 Å². The number of nitrogens with two attached hydrogens (primary N) is 1. The van der Waals surface area contributed by atoms with E-state index in [1.165, 1.54) is 12.1 Å². The summed E-state index contributed by atoms with van der Waals surface area (Å²) in [6.07, 6.45) is 0. The van der Waals surface area contributed by atoms with Gasteiger partial charge in [-0.2, -0.15) is 0 Å². The van der Waals surface area contributed by atoms with Crippen LogP contribution >= 0.6 is 0 Å². The Bertz CT molecular complexity index is 961. The molecule has 0 aliphatic heterocycles. The summed E-state index contributed by atoms with van der Waals surface area (Å²) in [6, 6.07) is 16.4. The normalized spacial score (nSPS) is 10.5. The number of amides is 1. The highest BCUT2D eigenvalue weighted by atomic mass is 19.1. The van der Waals surface area contributed by atoms with E-state index in [-0.39, 0.29) is 17.5 Å². The SMILES string of the molecule is COCc1ccc(C(=O)NCc2ccc(Oc3cccc(F)c3)cc2)c(N)n1. The van der Waals surface area contributed by atoms with Crippen LogP contribution in [0, 0.1) is 5.82 Å². The van der Waals surface area contributed by atoms with Crippen LogP contribution in [0.2, 0.25) is 0 Å². The average Bonchev–Trinajstić information content (AvgIpc) is 2.68. The van der Waals surface area contributed by atoms with E-state index in [1.807, 2.05) is 12.1 Å². The number of nitrogens with zero attached hydrogens (tertiary/aromatic N) is 1. The molecule has 2 aromatic carbocycles. The van der Waals surface area contributed by atoms with Crippen LogP contribution < -0.4 is 15.8 Å². The highest BCUT2D eigenvalue weighted by Crippen LogP contribution is 2.22. The number of benzene rings is 2. The van der Waals surface area contributed by atoms with Crippen LogP contribution in [0.4, 0.5) is 10.2 Å². The van der Waals surface area contributed by atoms with Gasteiger partial charge in [0, 0.05) is 19.7 Å². The molecule has 0 unspecified atom stereocenters. The average molecular weight is 381 g/mol. The zero-order valence-electron chi connectivity index (χ0n) is 15.3. The van der Waals surface area contributed by atoms with E-state index in [0.717, 1.165) is 5.56 Å². The molecular weight excluding hydrogens is 361 g/mol. The Hall–Kier alpha value is -3.45. The molecule has 0 saturated carbocycles. The van der Waals surface area contributed by atoms with Gasteiger partial charge in [-0.15, -0.1) is 0 Å². The number of pyridine rings is 1. The highest BCUT2D eigenvalue weighted by Gasteiger charge is 2.11. The second-order valence-electron chi connectivity index (χ2n) is 6.05. The zero-order valence-corrected chi connectivity index (χ0v) is 15.3. The van der Waals surface area contributed by atoms with Crippen molar-refractivity contribution in [2.75, 3.05) is 12.8 Å². The predicted molar refractivity (Wildman–Crippen MR) is 103 cm³/mol. The van der Waals surface area contributed by atoms with Crippen molar-refractivity contribution in [3.63, 3.8) is 0 Å².